The third-order valence-electron chi connectivity index (χ3n) is 2.93. The number of halogens is 1. The largest absolute Gasteiger partial charge is 0.457 e. The fourth-order valence-corrected chi connectivity index (χ4v) is 2.23. The quantitative estimate of drug-likeness (QED) is 0.357. The number of hydrogen-bond donors (Lipinski definition) is 0. The molecule has 3 heteroatoms. The predicted octanol–water partition coefficient (Wildman–Crippen LogP) is 6.01. The van der Waals surface area contributed by atoms with E-state index in [9.17, 15) is 4.79 Å². The summed E-state index contributed by atoms with van der Waals surface area (Å²) in [6.45, 7) is 9.72. The van der Waals surface area contributed by atoms with E-state index in [0.717, 1.165) is 22.0 Å². The van der Waals surface area contributed by atoms with Gasteiger partial charge in [0.2, 0.25) is 0 Å². The molecule has 0 aliphatic heterocycles. The number of rotatable bonds is 5. The number of aryl methyl sites for hydroxylation is 1. The van der Waals surface area contributed by atoms with Crippen LogP contribution in [0.4, 0.5) is 0 Å². The molecule has 0 N–H and O–H groups in total. The molecular formula is C20H25BrO2. The van der Waals surface area contributed by atoms with Gasteiger partial charge in [-0.1, -0.05) is 41.1 Å². The van der Waals surface area contributed by atoms with Gasteiger partial charge in [-0.2, -0.15) is 0 Å². The SMILES string of the molecule is CC/C=C/C(/C=C/C(=O)OC(C)(C)C)=C\c1cc(Br)ccc1C. The monoisotopic (exact) mass is 376 g/mol. The Kier molecular flexibility index (Phi) is 7.50. The summed E-state index contributed by atoms with van der Waals surface area (Å²) >= 11 is 3.49. The van der Waals surface area contributed by atoms with E-state index in [4.69, 9.17) is 4.74 Å². The zero-order valence-electron chi connectivity index (χ0n) is 14.5. The van der Waals surface area contributed by atoms with Crippen molar-refractivity contribution >= 4 is 28.0 Å². The van der Waals surface area contributed by atoms with Crippen LogP contribution in [0.15, 0.2) is 52.5 Å². The van der Waals surface area contributed by atoms with Crippen molar-refractivity contribution in [2.45, 2.75) is 46.6 Å². The topological polar surface area (TPSA) is 26.3 Å². The second-order valence-electron chi connectivity index (χ2n) is 6.32. The summed E-state index contributed by atoms with van der Waals surface area (Å²) in [6.07, 6.45) is 10.4. The molecule has 0 heterocycles. The van der Waals surface area contributed by atoms with Gasteiger partial charge in [-0.25, -0.2) is 4.79 Å². The molecule has 1 aromatic rings. The summed E-state index contributed by atoms with van der Waals surface area (Å²) < 4.78 is 6.33. The first-order valence-electron chi connectivity index (χ1n) is 7.76. The zero-order valence-corrected chi connectivity index (χ0v) is 16.1. The van der Waals surface area contributed by atoms with Crippen LogP contribution < -0.4 is 0 Å². The summed E-state index contributed by atoms with van der Waals surface area (Å²) in [5, 5.41) is 0. The van der Waals surface area contributed by atoms with Gasteiger partial charge in [-0.05, 0) is 75.1 Å². The summed E-state index contributed by atoms with van der Waals surface area (Å²) in [4.78, 5) is 11.8. The average molecular weight is 377 g/mol. The molecule has 1 rings (SSSR count). The van der Waals surface area contributed by atoms with E-state index in [2.05, 4.69) is 54.1 Å². The summed E-state index contributed by atoms with van der Waals surface area (Å²) in [7, 11) is 0. The number of ether oxygens (including phenoxy) is 1. The first-order chi connectivity index (χ1) is 10.7. The highest BCUT2D eigenvalue weighted by Gasteiger charge is 2.13. The van der Waals surface area contributed by atoms with Gasteiger partial charge in [-0.3, -0.25) is 0 Å². The van der Waals surface area contributed by atoms with Crippen molar-refractivity contribution in [2.75, 3.05) is 0 Å². The van der Waals surface area contributed by atoms with Gasteiger partial charge in [0, 0.05) is 10.5 Å². The van der Waals surface area contributed by atoms with E-state index in [1.165, 1.54) is 11.6 Å². The van der Waals surface area contributed by atoms with E-state index < -0.39 is 5.60 Å². The Morgan fingerprint density at radius 1 is 1.22 bits per heavy atom. The lowest BCUT2D eigenvalue weighted by atomic mass is 10.0. The van der Waals surface area contributed by atoms with Gasteiger partial charge in [0.1, 0.15) is 5.60 Å². The zero-order chi connectivity index (χ0) is 17.5. The Morgan fingerprint density at radius 2 is 1.91 bits per heavy atom. The lowest BCUT2D eigenvalue weighted by molar-refractivity contribution is -0.148. The van der Waals surface area contributed by atoms with Crippen LogP contribution in [0.2, 0.25) is 0 Å². The fraction of sp³-hybridized carbons (Fsp3) is 0.350. The smallest absolute Gasteiger partial charge is 0.331 e. The first-order valence-corrected chi connectivity index (χ1v) is 8.56. The molecule has 2 nitrogen and oxygen atoms in total. The minimum absolute atomic E-state index is 0.334. The molecule has 0 fully saturated rings. The van der Waals surface area contributed by atoms with Crippen molar-refractivity contribution in [3.8, 4) is 0 Å². The molecule has 0 amide bonds. The van der Waals surface area contributed by atoms with Crippen LogP contribution in [0.5, 0.6) is 0 Å². The third-order valence-corrected chi connectivity index (χ3v) is 3.42. The van der Waals surface area contributed by atoms with Crippen LogP contribution in [0.25, 0.3) is 6.08 Å². The average Bonchev–Trinajstić information content (AvgIpc) is 2.43. The molecule has 0 aromatic heterocycles. The van der Waals surface area contributed by atoms with Gasteiger partial charge in [0.25, 0.3) is 0 Å². The molecule has 0 unspecified atom stereocenters. The highest BCUT2D eigenvalue weighted by molar-refractivity contribution is 9.10. The van der Waals surface area contributed by atoms with Crippen LogP contribution >= 0.6 is 15.9 Å². The molecule has 0 saturated heterocycles. The van der Waals surface area contributed by atoms with Crippen molar-refractivity contribution in [2.24, 2.45) is 0 Å². The molecule has 0 aliphatic carbocycles. The first kappa shape index (κ1) is 19.4. The summed E-state index contributed by atoms with van der Waals surface area (Å²) in [5.74, 6) is -0.334. The highest BCUT2D eigenvalue weighted by atomic mass is 79.9. The molecule has 0 spiro atoms. The van der Waals surface area contributed by atoms with Crippen LogP contribution in [0.1, 0.15) is 45.2 Å². The molecule has 0 radical (unpaired) electrons. The van der Waals surface area contributed by atoms with Gasteiger partial charge in [0.15, 0.2) is 0 Å². The highest BCUT2D eigenvalue weighted by Crippen LogP contribution is 2.20. The normalized spacial score (nSPS) is 13.0. The molecular weight excluding hydrogens is 352 g/mol. The number of carbonyl (C=O) groups is 1. The lowest BCUT2D eigenvalue weighted by Crippen LogP contribution is -2.22. The van der Waals surface area contributed by atoms with E-state index in [-0.39, 0.29) is 5.97 Å². The predicted molar refractivity (Wildman–Crippen MR) is 101 cm³/mol. The van der Waals surface area contributed by atoms with Gasteiger partial charge >= 0.3 is 5.97 Å². The maximum Gasteiger partial charge on any atom is 0.331 e. The van der Waals surface area contributed by atoms with Crippen molar-refractivity contribution in [3.05, 3.63) is 63.7 Å². The Labute approximate surface area is 148 Å². The van der Waals surface area contributed by atoms with Gasteiger partial charge in [0.05, 0.1) is 0 Å². The van der Waals surface area contributed by atoms with Crippen molar-refractivity contribution in [1.82, 2.24) is 0 Å². The standard InChI is InChI=1S/C20H25BrO2/c1-6-7-8-16(10-12-19(22)23-20(3,4)5)13-17-14-18(21)11-9-15(17)2/h7-14H,6H2,1-5H3/b8-7+,12-10+,16-13+. The Balaban J connectivity index is 3.05. The number of benzene rings is 1. The Hall–Kier alpha value is -1.61. The van der Waals surface area contributed by atoms with Crippen LogP contribution in [-0.4, -0.2) is 11.6 Å². The van der Waals surface area contributed by atoms with Crippen LogP contribution in [-0.2, 0) is 9.53 Å². The molecule has 23 heavy (non-hydrogen) atoms. The molecule has 0 atom stereocenters. The number of esters is 1. The Morgan fingerprint density at radius 3 is 2.52 bits per heavy atom. The molecule has 124 valence electrons. The van der Waals surface area contributed by atoms with Gasteiger partial charge < -0.3 is 4.74 Å². The van der Waals surface area contributed by atoms with Crippen LogP contribution in [0, 0.1) is 6.92 Å². The fourth-order valence-electron chi connectivity index (χ4n) is 1.85. The number of hydrogen-bond acceptors (Lipinski definition) is 2. The van der Waals surface area contributed by atoms with Crippen LogP contribution in [0.3, 0.4) is 0 Å². The van der Waals surface area contributed by atoms with E-state index in [1.54, 1.807) is 6.08 Å². The van der Waals surface area contributed by atoms with Crippen molar-refractivity contribution in [3.63, 3.8) is 0 Å². The second-order valence-corrected chi connectivity index (χ2v) is 7.24. The van der Waals surface area contributed by atoms with Crippen molar-refractivity contribution in [1.29, 1.82) is 0 Å². The number of allylic oxidation sites excluding steroid dienone is 4. The maximum absolute atomic E-state index is 11.8. The Bertz CT molecular complexity index is 632. The lowest BCUT2D eigenvalue weighted by Gasteiger charge is -2.17. The van der Waals surface area contributed by atoms with Crippen molar-refractivity contribution < 1.29 is 9.53 Å². The molecule has 1 aromatic carbocycles. The number of carbonyl (C=O) groups excluding carboxylic acids is 1. The van der Waals surface area contributed by atoms with Gasteiger partial charge in [-0.15, -0.1) is 0 Å². The third kappa shape index (κ3) is 7.98. The van der Waals surface area contributed by atoms with E-state index >= 15 is 0 Å². The molecule has 0 bridgehead atoms. The summed E-state index contributed by atoms with van der Waals surface area (Å²) in [6, 6.07) is 6.15. The minimum atomic E-state index is -0.481. The molecule has 0 saturated carbocycles. The second kappa shape index (κ2) is 8.88. The maximum atomic E-state index is 11.8. The van der Waals surface area contributed by atoms with E-state index in [0.29, 0.717) is 0 Å². The minimum Gasteiger partial charge on any atom is -0.457 e. The summed E-state index contributed by atoms with van der Waals surface area (Å²) in [5.41, 5.74) is 2.77. The van der Waals surface area contributed by atoms with E-state index in [1.807, 2.05) is 32.9 Å². The molecule has 0 aliphatic rings.